The van der Waals surface area contributed by atoms with Gasteiger partial charge in [-0.15, -0.1) is 0 Å². The quantitative estimate of drug-likeness (QED) is 0.823. The van der Waals surface area contributed by atoms with Gasteiger partial charge in [-0.1, -0.05) is 35.9 Å². The standard InChI is InChI=1S/C16H15ClF2N2O2/c17-12-5-3-4-11(10-12)8-9-20-16(22)21-13-6-1-2-7-14(13)23-15(18)19/h1-7,10,15H,8-9H2,(H2,20,21,22). The lowest BCUT2D eigenvalue weighted by molar-refractivity contribution is -0.0493. The van der Waals surface area contributed by atoms with Crippen LogP contribution in [0.1, 0.15) is 5.56 Å². The Labute approximate surface area is 137 Å². The maximum atomic E-state index is 12.3. The highest BCUT2D eigenvalue weighted by Crippen LogP contribution is 2.25. The molecule has 0 spiro atoms. The molecule has 0 bridgehead atoms. The molecule has 0 heterocycles. The largest absolute Gasteiger partial charge is 0.433 e. The summed E-state index contributed by atoms with van der Waals surface area (Å²) >= 11 is 5.88. The molecular formula is C16H15ClF2N2O2. The van der Waals surface area contributed by atoms with Gasteiger partial charge >= 0.3 is 12.6 Å². The van der Waals surface area contributed by atoms with Crippen LogP contribution in [0.2, 0.25) is 5.02 Å². The Kier molecular flexibility index (Phi) is 6.17. The summed E-state index contributed by atoms with van der Waals surface area (Å²) in [5.74, 6) is -0.0903. The Morgan fingerprint density at radius 3 is 2.70 bits per heavy atom. The van der Waals surface area contributed by atoms with Crippen LogP contribution in [0.25, 0.3) is 0 Å². The van der Waals surface area contributed by atoms with Crippen LogP contribution in [-0.4, -0.2) is 19.2 Å². The number of urea groups is 1. The minimum absolute atomic E-state index is 0.0903. The molecule has 0 atom stereocenters. The SMILES string of the molecule is O=C(NCCc1cccc(Cl)c1)Nc1ccccc1OC(F)F. The average molecular weight is 341 g/mol. The molecule has 0 unspecified atom stereocenters. The topological polar surface area (TPSA) is 50.4 Å². The first-order valence-electron chi connectivity index (χ1n) is 6.88. The van der Waals surface area contributed by atoms with E-state index in [9.17, 15) is 13.6 Å². The van der Waals surface area contributed by atoms with Gasteiger partial charge in [0.1, 0.15) is 5.75 Å². The van der Waals surface area contributed by atoms with E-state index in [1.807, 2.05) is 18.2 Å². The van der Waals surface area contributed by atoms with Crippen molar-refractivity contribution in [2.24, 2.45) is 0 Å². The maximum absolute atomic E-state index is 12.3. The lowest BCUT2D eigenvalue weighted by Crippen LogP contribution is -2.30. The van der Waals surface area contributed by atoms with Crippen molar-refractivity contribution in [1.29, 1.82) is 0 Å². The van der Waals surface area contributed by atoms with Crippen molar-refractivity contribution in [2.75, 3.05) is 11.9 Å². The van der Waals surface area contributed by atoms with Crippen LogP contribution >= 0.6 is 11.6 Å². The molecule has 2 rings (SSSR count). The van der Waals surface area contributed by atoms with Crippen molar-refractivity contribution >= 4 is 23.3 Å². The van der Waals surface area contributed by atoms with Gasteiger partial charge in [0, 0.05) is 11.6 Å². The molecule has 2 aromatic rings. The first kappa shape index (κ1) is 17.0. The van der Waals surface area contributed by atoms with Crippen molar-refractivity contribution in [3.05, 3.63) is 59.1 Å². The van der Waals surface area contributed by atoms with E-state index in [0.717, 1.165) is 5.56 Å². The molecule has 2 amide bonds. The lowest BCUT2D eigenvalue weighted by Gasteiger charge is -2.12. The highest BCUT2D eigenvalue weighted by atomic mass is 35.5. The summed E-state index contributed by atoms with van der Waals surface area (Å²) in [7, 11) is 0. The summed E-state index contributed by atoms with van der Waals surface area (Å²) in [4.78, 5) is 11.8. The van der Waals surface area contributed by atoms with Crippen molar-refractivity contribution in [3.8, 4) is 5.75 Å². The predicted octanol–water partition coefficient (Wildman–Crippen LogP) is 4.31. The molecule has 2 N–H and O–H groups in total. The number of carbonyl (C=O) groups excluding carboxylic acids is 1. The van der Waals surface area contributed by atoms with Crippen molar-refractivity contribution in [3.63, 3.8) is 0 Å². The fourth-order valence-corrected chi connectivity index (χ4v) is 2.16. The Morgan fingerprint density at radius 1 is 1.17 bits per heavy atom. The summed E-state index contributed by atoms with van der Waals surface area (Å²) in [5.41, 5.74) is 1.16. The van der Waals surface area contributed by atoms with Crippen LogP contribution < -0.4 is 15.4 Å². The van der Waals surface area contributed by atoms with E-state index >= 15 is 0 Å². The summed E-state index contributed by atoms with van der Waals surface area (Å²) < 4.78 is 28.9. The zero-order valence-corrected chi connectivity index (χ0v) is 12.8. The van der Waals surface area contributed by atoms with Crippen LogP contribution in [0, 0.1) is 0 Å². The second kappa shape index (κ2) is 8.33. The number of anilines is 1. The number of benzene rings is 2. The fraction of sp³-hybridized carbons (Fsp3) is 0.188. The second-order valence-corrected chi connectivity index (χ2v) is 5.07. The van der Waals surface area contributed by atoms with E-state index in [-0.39, 0.29) is 11.4 Å². The highest BCUT2D eigenvalue weighted by molar-refractivity contribution is 6.30. The fourth-order valence-electron chi connectivity index (χ4n) is 1.95. The minimum atomic E-state index is -2.95. The normalized spacial score (nSPS) is 10.4. The van der Waals surface area contributed by atoms with E-state index in [4.69, 9.17) is 11.6 Å². The lowest BCUT2D eigenvalue weighted by atomic mass is 10.1. The van der Waals surface area contributed by atoms with Gasteiger partial charge in [-0.2, -0.15) is 8.78 Å². The Morgan fingerprint density at radius 2 is 1.96 bits per heavy atom. The summed E-state index contributed by atoms with van der Waals surface area (Å²) in [6, 6.07) is 12.8. The van der Waals surface area contributed by atoms with Crippen molar-refractivity contribution < 1.29 is 18.3 Å². The van der Waals surface area contributed by atoms with Crippen molar-refractivity contribution in [2.45, 2.75) is 13.0 Å². The first-order chi connectivity index (χ1) is 11.0. The molecular weight excluding hydrogens is 326 g/mol. The molecule has 4 nitrogen and oxygen atoms in total. The van der Waals surface area contributed by atoms with Gasteiger partial charge in [0.05, 0.1) is 5.69 Å². The number of ether oxygens (including phenoxy) is 1. The molecule has 0 aromatic heterocycles. The summed E-state index contributed by atoms with van der Waals surface area (Å²) in [5, 5.41) is 5.75. The van der Waals surface area contributed by atoms with Gasteiger partial charge in [0.25, 0.3) is 0 Å². The smallest absolute Gasteiger partial charge is 0.387 e. The molecule has 0 aliphatic heterocycles. The van der Waals surface area contributed by atoms with E-state index in [0.29, 0.717) is 18.0 Å². The Hall–Kier alpha value is -2.34. The summed E-state index contributed by atoms with van der Waals surface area (Å²) in [6.45, 7) is -2.58. The third-order valence-electron chi connectivity index (χ3n) is 2.94. The molecule has 0 saturated heterocycles. The molecule has 122 valence electrons. The van der Waals surface area contributed by atoms with Crippen LogP contribution in [0.4, 0.5) is 19.3 Å². The maximum Gasteiger partial charge on any atom is 0.387 e. The van der Waals surface area contributed by atoms with E-state index in [1.165, 1.54) is 12.1 Å². The third-order valence-corrected chi connectivity index (χ3v) is 3.17. The number of nitrogens with one attached hydrogen (secondary N) is 2. The second-order valence-electron chi connectivity index (χ2n) is 4.64. The molecule has 23 heavy (non-hydrogen) atoms. The monoisotopic (exact) mass is 340 g/mol. The molecule has 0 aliphatic carbocycles. The zero-order chi connectivity index (χ0) is 16.7. The first-order valence-corrected chi connectivity index (χ1v) is 7.25. The van der Waals surface area contributed by atoms with Gasteiger partial charge in [-0.05, 0) is 36.2 Å². The third kappa shape index (κ3) is 5.75. The van der Waals surface area contributed by atoms with Crippen molar-refractivity contribution in [1.82, 2.24) is 5.32 Å². The number of hydrogen-bond acceptors (Lipinski definition) is 2. The van der Waals surface area contributed by atoms with E-state index in [1.54, 1.807) is 18.2 Å². The van der Waals surface area contributed by atoms with Gasteiger partial charge in [0.2, 0.25) is 0 Å². The number of amides is 2. The van der Waals surface area contributed by atoms with Gasteiger partial charge < -0.3 is 15.4 Å². The van der Waals surface area contributed by atoms with E-state index in [2.05, 4.69) is 15.4 Å². The van der Waals surface area contributed by atoms with Crippen LogP contribution in [-0.2, 0) is 6.42 Å². The zero-order valence-electron chi connectivity index (χ0n) is 12.1. The molecule has 0 radical (unpaired) electrons. The predicted molar refractivity (Wildman–Crippen MR) is 85.3 cm³/mol. The molecule has 7 heteroatoms. The average Bonchev–Trinajstić information content (AvgIpc) is 2.49. The Balaban J connectivity index is 1.85. The number of para-hydroxylation sites is 2. The van der Waals surface area contributed by atoms with Crippen LogP contribution in [0.15, 0.2) is 48.5 Å². The molecule has 0 saturated carbocycles. The number of halogens is 3. The van der Waals surface area contributed by atoms with Gasteiger partial charge in [0.15, 0.2) is 0 Å². The van der Waals surface area contributed by atoms with Crippen LogP contribution in [0.3, 0.4) is 0 Å². The van der Waals surface area contributed by atoms with Crippen LogP contribution in [0.5, 0.6) is 5.75 Å². The highest BCUT2D eigenvalue weighted by Gasteiger charge is 2.11. The minimum Gasteiger partial charge on any atom is -0.433 e. The molecule has 0 fully saturated rings. The number of rotatable bonds is 6. The number of hydrogen-bond donors (Lipinski definition) is 2. The number of alkyl halides is 2. The molecule has 0 aliphatic rings. The Bertz CT molecular complexity index is 668. The van der Waals surface area contributed by atoms with Gasteiger partial charge in [-0.25, -0.2) is 4.79 Å². The van der Waals surface area contributed by atoms with E-state index < -0.39 is 12.6 Å². The molecule has 2 aromatic carbocycles. The summed E-state index contributed by atoms with van der Waals surface area (Å²) in [6.07, 6.45) is 0.600. The number of carbonyl (C=O) groups is 1. The van der Waals surface area contributed by atoms with Gasteiger partial charge in [-0.3, -0.25) is 0 Å².